The topological polar surface area (TPSA) is 256 Å². The first-order valence-corrected chi connectivity index (χ1v) is 16.4. The second-order valence-electron chi connectivity index (χ2n) is 6.77. The molecule has 1 saturated heterocycles. The van der Waals surface area contributed by atoms with Crippen molar-refractivity contribution in [1.29, 1.82) is 0 Å². The standard InChI is InChI=1S/C13H22N5O12P3S2/c1-7(35-34-2)27-8-3-10(18-6-17-11-12(14)15-5-16-13(11)18)28-9(8)4-26-32(22,23)30-33(24,25)29-31(19,20)21/h5-10H,3-4H2,1-2H3,(H,22,23)(H,24,25)(H2,14,15,16)(H2,19,20,21)/p-3/t7-,8?,9+,10+/m0/s1. The van der Waals surface area contributed by atoms with Crippen LogP contribution in [0.2, 0.25) is 0 Å². The molecule has 3 heterocycles. The predicted molar refractivity (Wildman–Crippen MR) is 117 cm³/mol. The number of rotatable bonds is 12. The fourth-order valence-corrected chi connectivity index (χ4v) is 7.41. The first-order valence-electron chi connectivity index (χ1n) is 9.36. The van der Waals surface area contributed by atoms with E-state index < -0.39 is 48.5 Å². The minimum absolute atomic E-state index is 0.142. The van der Waals surface area contributed by atoms with Crippen LogP contribution in [0.5, 0.6) is 0 Å². The summed E-state index contributed by atoms with van der Waals surface area (Å²) in [4.78, 5) is 54.5. The highest BCUT2D eigenvalue weighted by Crippen LogP contribution is 2.61. The van der Waals surface area contributed by atoms with Crippen molar-refractivity contribution >= 4 is 62.0 Å². The number of nitrogens with two attached hydrogens (primary N) is 1. The molecule has 3 rings (SSSR count). The van der Waals surface area contributed by atoms with Crippen LogP contribution in [0.3, 0.4) is 0 Å². The third-order valence-electron chi connectivity index (χ3n) is 4.28. The van der Waals surface area contributed by atoms with E-state index in [0.717, 1.165) is 0 Å². The van der Waals surface area contributed by atoms with Crippen molar-refractivity contribution < 1.29 is 55.9 Å². The molecule has 17 nitrogen and oxygen atoms in total. The van der Waals surface area contributed by atoms with Crippen LogP contribution in [-0.2, 0) is 36.3 Å². The number of aromatic nitrogens is 4. The van der Waals surface area contributed by atoms with Gasteiger partial charge in [-0.15, -0.1) is 0 Å². The Bertz CT molecular complexity index is 1180. The summed E-state index contributed by atoms with van der Waals surface area (Å²) in [6.07, 6.45) is 2.13. The monoisotopic (exact) mass is 594 g/mol. The molecule has 22 heteroatoms. The SMILES string of the molecule is CSS[C@@H](C)OC1C[C@H](n2cnc3c(N)ncnc32)O[C@@H]1COP(=O)([O-])OP(=O)([O-])OP(=O)([O-])O. The summed E-state index contributed by atoms with van der Waals surface area (Å²) in [5.74, 6) is 0.142. The second-order valence-corrected chi connectivity index (χ2v) is 13.8. The summed E-state index contributed by atoms with van der Waals surface area (Å²) in [5.41, 5.74) is 6.12. The molecule has 0 saturated carbocycles. The molecule has 0 bridgehead atoms. The molecule has 1 aliphatic rings. The van der Waals surface area contributed by atoms with Crippen LogP contribution in [0, 0.1) is 0 Å². The van der Waals surface area contributed by atoms with E-state index in [4.69, 9.17) is 20.1 Å². The van der Waals surface area contributed by atoms with Crippen LogP contribution in [0.15, 0.2) is 12.7 Å². The Labute approximate surface area is 205 Å². The highest BCUT2D eigenvalue weighted by Gasteiger charge is 2.40. The van der Waals surface area contributed by atoms with Crippen LogP contribution < -0.4 is 20.4 Å². The summed E-state index contributed by atoms with van der Waals surface area (Å²) in [6.45, 7) is 0.992. The zero-order valence-corrected chi connectivity index (χ0v) is 22.2. The predicted octanol–water partition coefficient (Wildman–Crippen LogP) is -0.114. The van der Waals surface area contributed by atoms with E-state index in [1.54, 1.807) is 6.92 Å². The fraction of sp³-hybridized carbons (Fsp3) is 0.615. The maximum Gasteiger partial charge on any atom is 0.280 e. The number of phosphoric ester groups is 1. The maximum absolute atomic E-state index is 12.0. The lowest BCUT2D eigenvalue weighted by Crippen LogP contribution is -2.31. The summed E-state index contributed by atoms with van der Waals surface area (Å²) in [6, 6.07) is 0. The molecular formula is C13H19N5O12P3S2-3. The van der Waals surface area contributed by atoms with Gasteiger partial charge in [0.2, 0.25) is 0 Å². The lowest BCUT2D eigenvalue weighted by atomic mass is 10.2. The second kappa shape index (κ2) is 11.4. The number of nitrogens with zero attached hydrogens (tertiary/aromatic N) is 4. The molecule has 2 aromatic heterocycles. The van der Waals surface area contributed by atoms with Gasteiger partial charge in [0.05, 0.1) is 19.0 Å². The number of fused-ring (bicyclic) bond motifs is 1. The number of phosphoric acid groups is 3. The Morgan fingerprint density at radius 3 is 2.63 bits per heavy atom. The van der Waals surface area contributed by atoms with Crippen molar-refractivity contribution in [3.05, 3.63) is 12.7 Å². The Morgan fingerprint density at radius 1 is 1.26 bits per heavy atom. The van der Waals surface area contributed by atoms with Crippen molar-refractivity contribution in [2.45, 2.75) is 37.2 Å². The van der Waals surface area contributed by atoms with Gasteiger partial charge in [-0.25, -0.2) is 23.6 Å². The molecule has 0 radical (unpaired) electrons. The van der Waals surface area contributed by atoms with E-state index in [1.807, 2.05) is 6.26 Å². The first kappa shape index (κ1) is 28.9. The molecule has 1 aliphatic heterocycles. The Morgan fingerprint density at radius 2 is 1.97 bits per heavy atom. The lowest BCUT2D eigenvalue weighted by Gasteiger charge is -2.33. The minimum Gasteiger partial charge on any atom is -0.756 e. The molecule has 0 aromatic carbocycles. The van der Waals surface area contributed by atoms with Crippen molar-refractivity contribution in [1.82, 2.24) is 19.5 Å². The van der Waals surface area contributed by atoms with Crippen molar-refractivity contribution in [3.63, 3.8) is 0 Å². The zero-order valence-electron chi connectivity index (χ0n) is 17.8. The van der Waals surface area contributed by atoms with E-state index in [9.17, 15) is 28.4 Å². The van der Waals surface area contributed by atoms with Crippen LogP contribution >= 0.6 is 45.1 Å². The van der Waals surface area contributed by atoms with Gasteiger partial charge in [0.1, 0.15) is 29.6 Å². The van der Waals surface area contributed by atoms with Crippen LogP contribution in [0.25, 0.3) is 11.2 Å². The summed E-state index contributed by atoms with van der Waals surface area (Å²) >= 11 is 0. The summed E-state index contributed by atoms with van der Waals surface area (Å²) in [5, 5.41) is 0. The minimum atomic E-state index is -6.02. The number of hydrogen-bond acceptors (Lipinski definition) is 17. The molecule has 0 amide bonds. The number of anilines is 1. The Kier molecular flexibility index (Phi) is 9.44. The highest BCUT2D eigenvalue weighted by atomic mass is 33.1. The molecule has 1 fully saturated rings. The van der Waals surface area contributed by atoms with Crippen molar-refractivity contribution in [2.75, 3.05) is 18.6 Å². The van der Waals surface area contributed by atoms with Gasteiger partial charge in [0.15, 0.2) is 11.5 Å². The quantitative estimate of drug-likeness (QED) is 0.184. The van der Waals surface area contributed by atoms with E-state index in [-0.39, 0.29) is 17.7 Å². The maximum atomic E-state index is 12.0. The third-order valence-corrected chi connectivity index (χ3v) is 9.93. The van der Waals surface area contributed by atoms with Gasteiger partial charge in [-0.05, 0) is 13.2 Å². The average molecular weight is 594 g/mol. The first-order chi connectivity index (χ1) is 16.2. The van der Waals surface area contributed by atoms with Crippen molar-refractivity contribution in [2.24, 2.45) is 0 Å². The molecule has 4 unspecified atom stereocenters. The van der Waals surface area contributed by atoms with E-state index in [1.165, 1.54) is 38.8 Å². The largest absolute Gasteiger partial charge is 0.756 e. The molecule has 35 heavy (non-hydrogen) atoms. The molecule has 0 spiro atoms. The van der Waals surface area contributed by atoms with Gasteiger partial charge in [-0.2, -0.15) is 0 Å². The highest BCUT2D eigenvalue weighted by molar-refractivity contribution is 8.76. The van der Waals surface area contributed by atoms with Gasteiger partial charge >= 0.3 is 0 Å². The van der Waals surface area contributed by atoms with Crippen LogP contribution in [0.1, 0.15) is 19.6 Å². The average Bonchev–Trinajstić information content (AvgIpc) is 3.28. The summed E-state index contributed by atoms with van der Waals surface area (Å²) < 4.78 is 58.7. The smallest absolute Gasteiger partial charge is 0.280 e. The Balaban J connectivity index is 1.75. The van der Waals surface area contributed by atoms with Gasteiger partial charge in [0, 0.05) is 6.42 Å². The van der Waals surface area contributed by atoms with Crippen LogP contribution in [-0.4, -0.2) is 54.9 Å². The van der Waals surface area contributed by atoms with Gasteiger partial charge in [-0.3, -0.25) is 18.3 Å². The van der Waals surface area contributed by atoms with Gasteiger partial charge in [0.25, 0.3) is 23.5 Å². The molecule has 3 N–H and O–H groups in total. The van der Waals surface area contributed by atoms with Gasteiger partial charge < -0.3 is 39.3 Å². The lowest BCUT2D eigenvalue weighted by molar-refractivity contribution is -0.250. The van der Waals surface area contributed by atoms with E-state index in [0.29, 0.717) is 11.2 Å². The molecule has 7 atom stereocenters. The fourth-order valence-electron chi connectivity index (χ4n) is 3.10. The Hall–Kier alpha value is -0.620. The molecule has 2 aromatic rings. The molecule has 198 valence electrons. The van der Waals surface area contributed by atoms with E-state index >= 15 is 0 Å². The summed E-state index contributed by atoms with van der Waals surface area (Å²) in [7, 11) is -14.7. The van der Waals surface area contributed by atoms with Gasteiger partial charge in [-0.1, -0.05) is 21.6 Å². The van der Waals surface area contributed by atoms with Crippen LogP contribution in [0.4, 0.5) is 5.82 Å². The normalized spacial score (nSPS) is 26.7. The van der Waals surface area contributed by atoms with E-state index in [2.05, 4.69) is 28.1 Å². The third kappa shape index (κ3) is 8.18. The molecular weight excluding hydrogens is 575 g/mol. The number of nitrogen functional groups attached to an aromatic ring is 1. The number of ether oxygens (including phenoxy) is 2. The zero-order chi connectivity index (χ0) is 26.0. The molecule has 0 aliphatic carbocycles. The number of hydrogen-bond donors (Lipinski definition) is 2. The number of imidazole rings is 1. The van der Waals surface area contributed by atoms with Crippen molar-refractivity contribution in [3.8, 4) is 0 Å².